The summed E-state index contributed by atoms with van der Waals surface area (Å²) in [7, 11) is 1.80. The average molecular weight is 386 g/mol. The van der Waals surface area contributed by atoms with Crippen LogP contribution in [0.1, 0.15) is 31.7 Å². The summed E-state index contributed by atoms with van der Waals surface area (Å²) in [5, 5.41) is 5.66. The van der Waals surface area contributed by atoms with Crippen molar-refractivity contribution >= 4 is 17.5 Å². The fourth-order valence-corrected chi connectivity index (χ4v) is 3.00. The van der Waals surface area contributed by atoms with E-state index in [2.05, 4.69) is 29.7 Å². The van der Waals surface area contributed by atoms with Gasteiger partial charge in [-0.15, -0.1) is 0 Å². The molecule has 0 radical (unpaired) electrons. The summed E-state index contributed by atoms with van der Waals surface area (Å²) in [6.07, 6.45) is 0.928. The number of halogens is 1. The van der Waals surface area contributed by atoms with Gasteiger partial charge in [0.1, 0.15) is 5.82 Å². The minimum Gasteiger partial charge on any atom is -0.350 e. The van der Waals surface area contributed by atoms with E-state index in [1.54, 1.807) is 20.0 Å². The molecule has 0 aliphatic rings. The molecule has 5 nitrogen and oxygen atoms in total. The molecule has 3 N–H and O–H groups in total. The van der Waals surface area contributed by atoms with Crippen LogP contribution in [0.3, 0.4) is 0 Å². The van der Waals surface area contributed by atoms with Crippen molar-refractivity contribution in [3.63, 3.8) is 0 Å². The maximum Gasteiger partial charge on any atom is 0.279 e. The average Bonchev–Trinajstić information content (AvgIpc) is 2.68. The van der Waals surface area contributed by atoms with Gasteiger partial charge in [-0.1, -0.05) is 43.3 Å². The van der Waals surface area contributed by atoms with Crippen molar-refractivity contribution in [3.8, 4) is 0 Å². The first kappa shape index (κ1) is 21.6. The first-order valence-corrected chi connectivity index (χ1v) is 9.61. The Morgan fingerprint density at radius 2 is 1.82 bits per heavy atom. The molecule has 0 fully saturated rings. The minimum atomic E-state index is -0.407. The highest BCUT2D eigenvalue weighted by molar-refractivity contribution is 5.91. The molecule has 0 spiro atoms. The Kier molecular flexibility index (Phi) is 8.14. The number of carbonyl (C=O) groups excluding carboxylic acids is 2. The quantitative estimate of drug-likeness (QED) is 0.617. The molecule has 2 amide bonds. The van der Waals surface area contributed by atoms with Gasteiger partial charge < -0.3 is 15.5 Å². The molecule has 0 aliphatic carbocycles. The maximum absolute atomic E-state index is 13.2. The van der Waals surface area contributed by atoms with Crippen LogP contribution in [0.5, 0.6) is 0 Å². The number of benzene rings is 2. The van der Waals surface area contributed by atoms with Gasteiger partial charge in [0.25, 0.3) is 11.8 Å². The van der Waals surface area contributed by atoms with Crippen LogP contribution < -0.4 is 15.5 Å². The lowest BCUT2D eigenvalue weighted by molar-refractivity contribution is -0.885. The number of carbonyl (C=O) groups is 2. The summed E-state index contributed by atoms with van der Waals surface area (Å²) in [6, 6.07) is 15.5. The molecular formula is C22H29FN3O2+. The second-order valence-corrected chi connectivity index (χ2v) is 7.06. The monoisotopic (exact) mass is 386 g/mol. The van der Waals surface area contributed by atoms with Crippen LogP contribution in [0.2, 0.25) is 0 Å². The van der Waals surface area contributed by atoms with Gasteiger partial charge in [0, 0.05) is 18.2 Å². The fourth-order valence-electron chi connectivity index (χ4n) is 3.00. The Bertz CT molecular complexity index is 782. The molecule has 6 heteroatoms. The van der Waals surface area contributed by atoms with Crippen molar-refractivity contribution in [1.29, 1.82) is 0 Å². The highest BCUT2D eigenvalue weighted by atomic mass is 19.1. The number of amides is 2. The minimum absolute atomic E-state index is 0.0922. The third kappa shape index (κ3) is 6.46. The molecule has 1 unspecified atom stereocenters. The van der Waals surface area contributed by atoms with E-state index >= 15 is 0 Å². The third-order valence-electron chi connectivity index (χ3n) is 4.97. The number of nitrogens with one attached hydrogen (secondary N) is 3. The maximum atomic E-state index is 13.2. The molecule has 2 aromatic rings. The molecule has 28 heavy (non-hydrogen) atoms. The van der Waals surface area contributed by atoms with Gasteiger partial charge in [-0.2, -0.15) is 0 Å². The Morgan fingerprint density at radius 3 is 2.46 bits per heavy atom. The lowest BCUT2D eigenvalue weighted by atomic mass is 9.96. The first-order valence-electron chi connectivity index (χ1n) is 9.61. The number of rotatable bonds is 9. The van der Waals surface area contributed by atoms with Gasteiger partial charge in [-0.05, 0) is 37.1 Å². The van der Waals surface area contributed by atoms with E-state index in [1.807, 2.05) is 18.2 Å². The standard InChI is InChI=1S/C22H28FN3O2/c1-4-17(18-9-6-5-7-10-18)14-24-22(28)16(2)26(3)15-21(27)25-20-12-8-11-19(23)13-20/h5-13,16-17H,4,14-15H2,1-3H3,(H,24,28)(H,25,27)/p+1/t16-,17-/m1/s1. The molecule has 0 saturated heterocycles. The summed E-state index contributed by atoms with van der Waals surface area (Å²) < 4.78 is 13.2. The SMILES string of the molecule is CC[C@H](CNC(=O)[C@@H](C)[NH+](C)CC(=O)Nc1cccc(F)c1)c1ccccc1. The van der Waals surface area contributed by atoms with Crippen LogP contribution in [-0.4, -0.2) is 38.0 Å². The summed E-state index contributed by atoms with van der Waals surface area (Å²) in [5.41, 5.74) is 1.61. The number of hydrogen-bond donors (Lipinski definition) is 3. The summed E-state index contributed by atoms with van der Waals surface area (Å²) in [4.78, 5) is 25.4. The number of hydrogen-bond acceptors (Lipinski definition) is 2. The van der Waals surface area contributed by atoms with Crippen LogP contribution >= 0.6 is 0 Å². The zero-order valence-electron chi connectivity index (χ0n) is 16.7. The van der Waals surface area contributed by atoms with Crippen molar-refractivity contribution in [3.05, 3.63) is 66.0 Å². The largest absolute Gasteiger partial charge is 0.350 e. The molecule has 0 aromatic heterocycles. The Labute approximate surface area is 165 Å². The van der Waals surface area contributed by atoms with E-state index in [0.717, 1.165) is 11.3 Å². The van der Waals surface area contributed by atoms with Gasteiger partial charge in [0.2, 0.25) is 0 Å². The fraction of sp³-hybridized carbons (Fsp3) is 0.364. The van der Waals surface area contributed by atoms with Crippen LogP contribution in [0, 0.1) is 5.82 Å². The molecule has 2 aromatic carbocycles. The third-order valence-corrected chi connectivity index (χ3v) is 4.97. The van der Waals surface area contributed by atoms with Crippen LogP contribution in [0.25, 0.3) is 0 Å². The molecular weight excluding hydrogens is 357 g/mol. The van der Waals surface area contributed by atoms with Crippen LogP contribution in [0.4, 0.5) is 10.1 Å². The molecule has 150 valence electrons. The van der Waals surface area contributed by atoms with Gasteiger partial charge in [-0.25, -0.2) is 4.39 Å². The lowest BCUT2D eigenvalue weighted by Crippen LogP contribution is -3.15. The predicted octanol–water partition coefficient (Wildman–Crippen LogP) is 1.98. The van der Waals surface area contributed by atoms with E-state index in [-0.39, 0.29) is 30.3 Å². The summed E-state index contributed by atoms with van der Waals surface area (Å²) >= 11 is 0. The highest BCUT2D eigenvalue weighted by Gasteiger charge is 2.24. The number of quaternary nitrogens is 1. The Morgan fingerprint density at radius 1 is 1.11 bits per heavy atom. The van der Waals surface area contributed by atoms with E-state index in [4.69, 9.17) is 0 Å². The highest BCUT2D eigenvalue weighted by Crippen LogP contribution is 2.17. The number of likely N-dealkylation sites (N-methyl/N-ethyl adjacent to an activating group) is 1. The zero-order chi connectivity index (χ0) is 20.5. The van der Waals surface area contributed by atoms with Gasteiger partial charge in [-0.3, -0.25) is 9.59 Å². The second kappa shape index (κ2) is 10.6. The Balaban J connectivity index is 1.83. The van der Waals surface area contributed by atoms with Gasteiger partial charge in [0.05, 0.1) is 7.05 Å². The van der Waals surface area contributed by atoms with Crippen molar-refractivity contribution in [2.75, 3.05) is 25.5 Å². The van der Waals surface area contributed by atoms with Crippen LogP contribution in [-0.2, 0) is 9.59 Å². The predicted molar refractivity (Wildman–Crippen MR) is 109 cm³/mol. The normalized spacial score (nSPS) is 14.0. The molecule has 0 saturated carbocycles. The van der Waals surface area contributed by atoms with Crippen molar-refractivity contribution in [1.82, 2.24) is 5.32 Å². The van der Waals surface area contributed by atoms with Crippen molar-refractivity contribution < 1.29 is 18.9 Å². The summed E-state index contributed by atoms with van der Waals surface area (Å²) in [6.45, 7) is 4.57. The van der Waals surface area contributed by atoms with E-state index in [0.29, 0.717) is 12.2 Å². The van der Waals surface area contributed by atoms with E-state index < -0.39 is 5.82 Å². The molecule has 3 atom stereocenters. The second-order valence-electron chi connectivity index (χ2n) is 7.06. The molecule has 0 aliphatic heterocycles. The first-order chi connectivity index (χ1) is 13.4. The van der Waals surface area contributed by atoms with Gasteiger partial charge in [0.15, 0.2) is 12.6 Å². The van der Waals surface area contributed by atoms with E-state index in [9.17, 15) is 14.0 Å². The van der Waals surface area contributed by atoms with E-state index in [1.165, 1.54) is 23.8 Å². The number of anilines is 1. The smallest absolute Gasteiger partial charge is 0.279 e. The van der Waals surface area contributed by atoms with Crippen LogP contribution in [0.15, 0.2) is 54.6 Å². The molecule has 0 bridgehead atoms. The molecule has 2 rings (SSSR count). The summed E-state index contributed by atoms with van der Waals surface area (Å²) in [5.74, 6) is -0.506. The zero-order valence-corrected chi connectivity index (χ0v) is 16.7. The van der Waals surface area contributed by atoms with Gasteiger partial charge >= 0.3 is 0 Å². The molecule has 0 heterocycles. The van der Waals surface area contributed by atoms with Crippen molar-refractivity contribution in [2.24, 2.45) is 0 Å². The lowest BCUT2D eigenvalue weighted by Gasteiger charge is -2.22. The van der Waals surface area contributed by atoms with Crippen molar-refractivity contribution in [2.45, 2.75) is 32.2 Å². The topological polar surface area (TPSA) is 62.6 Å². The Hall–Kier alpha value is -2.73.